The second-order valence-corrected chi connectivity index (χ2v) is 7.74. The summed E-state index contributed by atoms with van der Waals surface area (Å²) in [6.07, 6.45) is 3.30. The maximum atomic E-state index is 12.3. The molecule has 0 saturated heterocycles. The van der Waals surface area contributed by atoms with Gasteiger partial charge in [0.25, 0.3) is 0 Å². The van der Waals surface area contributed by atoms with Gasteiger partial charge in [0.05, 0.1) is 23.0 Å². The maximum absolute atomic E-state index is 12.3. The number of amides is 1. The van der Waals surface area contributed by atoms with Gasteiger partial charge in [-0.3, -0.25) is 4.79 Å². The number of hydrogen-bond donors (Lipinski definition) is 1. The summed E-state index contributed by atoms with van der Waals surface area (Å²) in [5, 5.41) is 10.0. The molecule has 0 fully saturated rings. The van der Waals surface area contributed by atoms with Gasteiger partial charge >= 0.3 is 0 Å². The summed E-state index contributed by atoms with van der Waals surface area (Å²) in [4.78, 5) is 17.9. The van der Waals surface area contributed by atoms with Crippen molar-refractivity contribution >= 4 is 50.7 Å². The van der Waals surface area contributed by atoms with Crippen molar-refractivity contribution in [1.82, 2.24) is 14.8 Å². The lowest BCUT2D eigenvalue weighted by atomic mass is 10.3. The summed E-state index contributed by atoms with van der Waals surface area (Å²) in [7, 11) is 1.63. The monoisotopic (exact) mass is 396 g/mol. The summed E-state index contributed by atoms with van der Waals surface area (Å²) in [6.45, 7) is 1.88. The van der Waals surface area contributed by atoms with Crippen LogP contribution < -0.4 is 10.1 Å². The van der Waals surface area contributed by atoms with Crippen LogP contribution in [-0.2, 0) is 4.79 Å². The first kappa shape index (κ1) is 17.4. The second kappa shape index (κ2) is 7.34. The lowest BCUT2D eigenvalue weighted by molar-refractivity contribution is -0.111. The normalized spacial score (nSPS) is 11.3. The number of ether oxygens (including phenoxy) is 1. The van der Waals surface area contributed by atoms with Gasteiger partial charge in [-0.15, -0.1) is 11.3 Å². The van der Waals surface area contributed by atoms with E-state index in [4.69, 9.17) is 4.74 Å². The third kappa shape index (κ3) is 3.76. The van der Waals surface area contributed by atoms with Crippen LogP contribution in [0.4, 0.5) is 5.82 Å². The van der Waals surface area contributed by atoms with Crippen LogP contribution in [0, 0.1) is 6.92 Å². The van der Waals surface area contributed by atoms with Crippen molar-refractivity contribution in [3.8, 4) is 10.9 Å². The first-order valence-electron chi connectivity index (χ1n) is 8.16. The van der Waals surface area contributed by atoms with E-state index in [2.05, 4.69) is 15.4 Å². The largest absolute Gasteiger partial charge is 0.497 e. The number of methoxy groups -OCH3 is 1. The number of fused-ring (bicyclic) bond motifs is 1. The van der Waals surface area contributed by atoms with Gasteiger partial charge in [0.2, 0.25) is 11.0 Å². The summed E-state index contributed by atoms with van der Waals surface area (Å²) in [5.74, 6) is 1.12. The Morgan fingerprint density at radius 3 is 2.96 bits per heavy atom. The van der Waals surface area contributed by atoms with Gasteiger partial charge in [0.1, 0.15) is 11.6 Å². The highest BCUT2D eigenvalue weighted by molar-refractivity contribution is 7.20. The fourth-order valence-electron chi connectivity index (χ4n) is 2.56. The minimum absolute atomic E-state index is 0.215. The van der Waals surface area contributed by atoms with Crippen molar-refractivity contribution in [3.05, 3.63) is 58.4 Å². The lowest BCUT2D eigenvalue weighted by Gasteiger charge is -2.03. The predicted molar refractivity (Wildman–Crippen MR) is 110 cm³/mol. The third-order valence-corrected chi connectivity index (χ3v) is 5.64. The molecular weight excluding hydrogens is 380 g/mol. The van der Waals surface area contributed by atoms with Crippen molar-refractivity contribution in [3.63, 3.8) is 0 Å². The molecule has 0 aliphatic carbocycles. The molecule has 6 nitrogen and oxygen atoms in total. The molecule has 136 valence electrons. The standard InChI is InChI=1S/C19H16N4O2S2/c1-12-10-17(21-18(24)8-6-14-4-3-9-26-14)23(22-12)19-20-15-11-13(25-2)5-7-16(15)27-19/h3-11H,1-2H3,(H,21,24)/b8-6+. The highest BCUT2D eigenvalue weighted by atomic mass is 32.1. The van der Waals surface area contributed by atoms with Gasteiger partial charge in [-0.1, -0.05) is 17.4 Å². The van der Waals surface area contributed by atoms with E-state index in [9.17, 15) is 4.79 Å². The Bertz CT molecular complexity index is 1130. The molecule has 0 radical (unpaired) electrons. The van der Waals surface area contributed by atoms with Crippen molar-refractivity contribution in [1.29, 1.82) is 0 Å². The van der Waals surface area contributed by atoms with E-state index in [1.807, 2.05) is 48.7 Å². The molecule has 0 atom stereocenters. The highest BCUT2D eigenvalue weighted by Gasteiger charge is 2.14. The zero-order valence-corrected chi connectivity index (χ0v) is 16.3. The number of hydrogen-bond acceptors (Lipinski definition) is 6. The van der Waals surface area contributed by atoms with E-state index >= 15 is 0 Å². The van der Waals surface area contributed by atoms with Gasteiger partial charge in [0, 0.05) is 23.1 Å². The highest BCUT2D eigenvalue weighted by Crippen LogP contribution is 2.29. The van der Waals surface area contributed by atoms with Gasteiger partial charge in [-0.25, -0.2) is 4.98 Å². The van der Waals surface area contributed by atoms with Gasteiger partial charge in [0.15, 0.2) is 0 Å². The van der Waals surface area contributed by atoms with Crippen LogP contribution in [0.2, 0.25) is 0 Å². The molecule has 0 aliphatic heterocycles. The van der Waals surface area contributed by atoms with Crippen LogP contribution >= 0.6 is 22.7 Å². The zero-order chi connectivity index (χ0) is 18.8. The molecule has 27 heavy (non-hydrogen) atoms. The van der Waals surface area contributed by atoms with Gasteiger partial charge < -0.3 is 10.1 Å². The second-order valence-electron chi connectivity index (χ2n) is 5.75. The molecule has 3 aromatic heterocycles. The molecule has 0 spiro atoms. The molecule has 0 bridgehead atoms. The first-order chi connectivity index (χ1) is 13.1. The number of thiophene rings is 1. The van der Waals surface area contributed by atoms with Crippen molar-refractivity contribution in [2.24, 2.45) is 0 Å². The minimum atomic E-state index is -0.215. The van der Waals surface area contributed by atoms with Crippen LogP contribution in [0.3, 0.4) is 0 Å². The predicted octanol–water partition coefficient (Wildman–Crippen LogP) is 4.51. The van der Waals surface area contributed by atoms with Crippen molar-refractivity contribution in [2.75, 3.05) is 12.4 Å². The molecule has 0 unspecified atom stereocenters. The van der Waals surface area contributed by atoms with Crippen LogP contribution in [0.25, 0.3) is 21.4 Å². The van der Waals surface area contributed by atoms with E-state index in [1.165, 1.54) is 17.4 Å². The SMILES string of the molecule is COc1ccc2sc(-n3nc(C)cc3NC(=O)/C=C/c3cccs3)nc2c1. The van der Waals surface area contributed by atoms with Crippen molar-refractivity contribution < 1.29 is 9.53 Å². The third-order valence-electron chi connectivity index (χ3n) is 3.79. The number of nitrogens with zero attached hydrogens (tertiary/aromatic N) is 3. The number of benzene rings is 1. The van der Waals surface area contributed by atoms with Crippen LogP contribution in [-0.4, -0.2) is 27.8 Å². The van der Waals surface area contributed by atoms with Crippen molar-refractivity contribution in [2.45, 2.75) is 6.92 Å². The number of nitrogens with one attached hydrogen (secondary N) is 1. The molecule has 4 rings (SSSR count). The molecule has 1 amide bonds. The number of aryl methyl sites for hydroxylation is 1. The van der Waals surface area contributed by atoms with Gasteiger partial charge in [-0.2, -0.15) is 9.78 Å². The number of anilines is 1. The van der Waals surface area contributed by atoms with Gasteiger partial charge in [-0.05, 0) is 36.6 Å². The Morgan fingerprint density at radius 2 is 2.19 bits per heavy atom. The molecule has 1 aromatic carbocycles. The molecule has 1 N–H and O–H groups in total. The fourth-order valence-corrected chi connectivity index (χ4v) is 4.09. The Labute approximate surface area is 163 Å². The van der Waals surface area contributed by atoms with E-state index in [-0.39, 0.29) is 5.91 Å². The summed E-state index contributed by atoms with van der Waals surface area (Å²) < 4.78 is 7.93. The smallest absolute Gasteiger partial charge is 0.249 e. The Balaban J connectivity index is 1.62. The van der Waals surface area contributed by atoms with Crippen LogP contribution in [0.1, 0.15) is 10.6 Å². The molecule has 8 heteroatoms. The maximum Gasteiger partial charge on any atom is 0.249 e. The molecule has 4 aromatic rings. The summed E-state index contributed by atoms with van der Waals surface area (Å²) >= 11 is 3.08. The topological polar surface area (TPSA) is 69.0 Å². The lowest BCUT2D eigenvalue weighted by Crippen LogP contribution is -2.12. The number of thiazole rings is 1. The van der Waals surface area contributed by atoms with E-state index < -0.39 is 0 Å². The van der Waals surface area contributed by atoms with E-state index in [0.717, 1.165) is 26.5 Å². The Morgan fingerprint density at radius 1 is 1.30 bits per heavy atom. The first-order valence-corrected chi connectivity index (χ1v) is 9.86. The number of carbonyl (C=O) groups is 1. The molecule has 3 heterocycles. The Kier molecular flexibility index (Phi) is 4.74. The average Bonchev–Trinajstić information content (AvgIpc) is 3.38. The number of aromatic nitrogens is 3. The molecule has 0 saturated carbocycles. The fraction of sp³-hybridized carbons (Fsp3) is 0.105. The van der Waals surface area contributed by atoms with E-state index in [0.29, 0.717) is 10.9 Å². The minimum Gasteiger partial charge on any atom is -0.497 e. The zero-order valence-electron chi connectivity index (χ0n) is 14.7. The quantitative estimate of drug-likeness (QED) is 0.504. The average molecular weight is 396 g/mol. The summed E-state index contributed by atoms with van der Waals surface area (Å²) in [5.41, 5.74) is 1.63. The van der Waals surface area contributed by atoms with Crippen LogP contribution in [0.5, 0.6) is 5.75 Å². The van der Waals surface area contributed by atoms with E-state index in [1.54, 1.807) is 29.2 Å². The number of carbonyl (C=O) groups excluding carboxylic acids is 1. The number of rotatable bonds is 5. The van der Waals surface area contributed by atoms with Crippen LogP contribution in [0.15, 0.2) is 47.9 Å². The summed E-state index contributed by atoms with van der Waals surface area (Å²) in [6, 6.07) is 11.5. The molecule has 0 aliphatic rings. The molecular formula is C19H16N4O2S2. The Hall–Kier alpha value is -2.97.